The highest BCUT2D eigenvalue weighted by Gasteiger charge is 2.03. The summed E-state index contributed by atoms with van der Waals surface area (Å²) in [5.41, 5.74) is 6.76. The summed E-state index contributed by atoms with van der Waals surface area (Å²) in [5.74, 6) is 0.322. The Hall–Kier alpha value is -1.51. The van der Waals surface area contributed by atoms with Gasteiger partial charge in [0.15, 0.2) is 0 Å². The molecule has 0 aliphatic heterocycles. The van der Waals surface area contributed by atoms with Crippen LogP contribution in [0.1, 0.15) is 37.0 Å². The van der Waals surface area contributed by atoms with E-state index < -0.39 is 0 Å². The van der Waals surface area contributed by atoms with E-state index in [1.54, 1.807) is 12.1 Å². The van der Waals surface area contributed by atoms with Crippen LogP contribution in [0.15, 0.2) is 24.3 Å². The molecule has 1 aromatic rings. The van der Waals surface area contributed by atoms with Crippen molar-refractivity contribution in [3.63, 3.8) is 0 Å². The summed E-state index contributed by atoms with van der Waals surface area (Å²) in [6, 6.07) is 7.28. The minimum Gasteiger partial charge on any atom is -0.385 e. The van der Waals surface area contributed by atoms with Crippen molar-refractivity contribution in [2.45, 2.75) is 26.7 Å². The number of hydrogen-bond donors (Lipinski definition) is 2. The maximum absolute atomic E-state index is 10.9. The van der Waals surface area contributed by atoms with Crippen molar-refractivity contribution in [1.29, 1.82) is 0 Å². The Morgan fingerprint density at radius 1 is 1.25 bits per heavy atom. The van der Waals surface area contributed by atoms with Crippen LogP contribution in [0.2, 0.25) is 0 Å². The number of carbonyl (C=O) groups excluding carboxylic acids is 1. The molecule has 1 rings (SSSR count). The molecule has 0 aliphatic rings. The first kappa shape index (κ1) is 12.6. The lowest BCUT2D eigenvalue weighted by Gasteiger charge is -2.14. The molecule has 0 bridgehead atoms. The van der Waals surface area contributed by atoms with Crippen LogP contribution in [0.4, 0.5) is 5.69 Å². The van der Waals surface area contributed by atoms with E-state index in [0.717, 1.165) is 12.2 Å². The van der Waals surface area contributed by atoms with Crippen LogP contribution in [0.25, 0.3) is 0 Å². The molecule has 0 fully saturated rings. The molecule has 16 heavy (non-hydrogen) atoms. The summed E-state index contributed by atoms with van der Waals surface area (Å²) in [6.07, 6.45) is 2.37. The van der Waals surface area contributed by atoms with E-state index in [4.69, 9.17) is 5.73 Å². The van der Waals surface area contributed by atoms with E-state index >= 15 is 0 Å². The van der Waals surface area contributed by atoms with Gasteiger partial charge in [0.05, 0.1) is 0 Å². The average molecular weight is 220 g/mol. The van der Waals surface area contributed by atoms with Gasteiger partial charge in [0.25, 0.3) is 0 Å². The minimum absolute atomic E-state index is 0.383. The predicted molar refractivity (Wildman–Crippen MR) is 67.5 cm³/mol. The average Bonchev–Trinajstić information content (AvgIpc) is 2.31. The number of nitrogens with one attached hydrogen (secondary N) is 1. The van der Waals surface area contributed by atoms with Crippen molar-refractivity contribution in [3.05, 3.63) is 29.8 Å². The second-order valence-corrected chi connectivity index (χ2v) is 4.01. The van der Waals surface area contributed by atoms with Crippen molar-refractivity contribution in [2.24, 2.45) is 11.7 Å². The van der Waals surface area contributed by atoms with E-state index in [0.29, 0.717) is 11.5 Å². The van der Waals surface area contributed by atoms with E-state index in [2.05, 4.69) is 19.2 Å². The Balaban J connectivity index is 2.52. The van der Waals surface area contributed by atoms with E-state index in [9.17, 15) is 4.79 Å². The standard InChI is InChI=1S/C13H20N2O/c1-3-10(4-2)9-15-12-7-5-11(6-8-12)13(14)16/h5-8,10,15H,3-4,9H2,1-2H3,(H2,14,16). The van der Waals surface area contributed by atoms with Gasteiger partial charge in [-0.2, -0.15) is 0 Å². The molecule has 0 spiro atoms. The van der Waals surface area contributed by atoms with Crippen molar-refractivity contribution < 1.29 is 4.79 Å². The van der Waals surface area contributed by atoms with Gasteiger partial charge >= 0.3 is 0 Å². The maximum atomic E-state index is 10.9. The number of hydrogen-bond acceptors (Lipinski definition) is 2. The fourth-order valence-electron chi connectivity index (χ4n) is 1.59. The van der Waals surface area contributed by atoms with Gasteiger partial charge in [-0.1, -0.05) is 26.7 Å². The third kappa shape index (κ3) is 3.57. The molecule has 0 aliphatic carbocycles. The molecule has 0 atom stereocenters. The molecule has 1 aromatic carbocycles. The molecule has 0 heterocycles. The van der Waals surface area contributed by atoms with E-state index in [1.165, 1.54) is 12.8 Å². The lowest BCUT2D eigenvalue weighted by Crippen LogP contribution is -2.13. The fourth-order valence-corrected chi connectivity index (χ4v) is 1.59. The maximum Gasteiger partial charge on any atom is 0.248 e. The molecule has 3 N–H and O–H groups in total. The molecule has 1 amide bonds. The highest BCUT2D eigenvalue weighted by atomic mass is 16.1. The monoisotopic (exact) mass is 220 g/mol. The van der Waals surface area contributed by atoms with Crippen LogP contribution in [0.5, 0.6) is 0 Å². The summed E-state index contributed by atoms with van der Waals surface area (Å²) in [7, 11) is 0. The zero-order valence-corrected chi connectivity index (χ0v) is 9.99. The van der Waals surface area contributed by atoms with Gasteiger partial charge in [-0.25, -0.2) is 0 Å². The smallest absolute Gasteiger partial charge is 0.248 e. The number of primary amides is 1. The van der Waals surface area contributed by atoms with Crippen LogP contribution in [-0.2, 0) is 0 Å². The molecule has 0 unspecified atom stereocenters. The number of rotatable bonds is 6. The first-order valence-electron chi connectivity index (χ1n) is 5.81. The van der Waals surface area contributed by atoms with Gasteiger partial charge < -0.3 is 11.1 Å². The lowest BCUT2D eigenvalue weighted by molar-refractivity contribution is 0.100. The van der Waals surface area contributed by atoms with Crippen LogP contribution in [-0.4, -0.2) is 12.5 Å². The summed E-state index contributed by atoms with van der Waals surface area (Å²) in [4.78, 5) is 10.9. The van der Waals surface area contributed by atoms with Gasteiger partial charge in [-0.05, 0) is 30.2 Å². The Labute approximate surface area is 97.0 Å². The topological polar surface area (TPSA) is 55.1 Å². The molecule has 3 nitrogen and oxygen atoms in total. The SMILES string of the molecule is CCC(CC)CNc1ccc(C(N)=O)cc1. The first-order valence-corrected chi connectivity index (χ1v) is 5.81. The molecule has 88 valence electrons. The first-order chi connectivity index (χ1) is 7.67. The van der Waals surface area contributed by atoms with Gasteiger partial charge in [0.1, 0.15) is 0 Å². The fraction of sp³-hybridized carbons (Fsp3) is 0.462. The number of anilines is 1. The lowest BCUT2D eigenvalue weighted by atomic mass is 10.0. The number of amides is 1. The zero-order chi connectivity index (χ0) is 12.0. The van der Waals surface area contributed by atoms with Crippen molar-refractivity contribution in [3.8, 4) is 0 Å². The van der Waals surface area contributed by atoms with Gasteiger partial charge in [-0.15, -0.1) is 0 Å². The Bertz CT molecular complexity index is 328. The van der Waals surface area contributed by atoms with Crippen molar-refractivity contribution in [2.75, 3.05) is 11.9 Å². The minimum atomic E-state index is -0.383. The molecule has 0 saturated heterocycles. The van der Waals surface area contributed by atoms with Gasteiger partial charge in [0, 0.05) is 17.8 Å². The number of benzene rings is 1. The molecule has 0 radical (unpaired) electrons. The third-order valence-corrected chi connectivity index (χ3v) is 2.92. The Kier molecular flexibility index (Phi) is 4.83. The largest absolute Gasteiger partial charge is 0.385 e. The third-order valence-electron chi connectivity index (χ3n) is 2.92. The van der Waals surface area contributed by atoms with E-state index in [1.807, 2.05) is 12.1 Å². The molecular formula is C13H20N2O. The normalized spacial score (nSPS) is 10.4. The van der Waals surface area contributed by atoms with Crippen LogP contribution < -0.4 is 11.1 Å². The Morgan fingerprint density at radius 2 is 1.81 bits per heavy atom. The van der Waals surface area contributed by atoms with Crippen LogP contribution in [0.3, 0.4) is 0 Å². The van der Waals surface area contributed by atoms with Gasteiger partial charge in [0.2, 0.25) is 5.91 Å². The van der Waals surface area contributed by atoms with Crippen molar-refractivity contribution >= 4 is 11.6 Å². The predicted octanol–water partition coefficient (Wildman–Crippen LogP) is 2.63. The highest BCUT2D eigenvalue weighted by Crippen LogP contribution is 2.12. The summed E-state index contributed by atoms with van der Waals surface area (Å²) in [5, 5.41) is 3.36. The van der Waals surface area contributed by atoms with Crippen LogP contribution in [0, 0.1) is 5.92 Å². The summed E-state index contributed by atoms with van der Waals surface area (Å²) in [6.45, 7) is 5.38. The quantitative estimate of drug-likeness (QED) is 0.774. The highest BCUT2D eigenvalue weighted by molar-refractivity contribution is 5.93. The Morgan fingerprint density at radius 3 is 2.25 bits per heavy atom. The van der Waals surface area contributed by atoms with E-state index in [-0.39, 0.29) is 5.91 Å². The second-order valence-electron chi connectivity index (χ2n) is 4.01. The molecular weight excluding hydrogens is 200 g/mol. The molecule has 0 aromatic heterocycles. The summed E-state index contributed by atoms with van der Waals surface area (Å²) >= 11 is 0. The van der Waals surface area contributed by atoms with Gasteiger partial charge in [-0.3, -0.25) is 4.79 Å². The zero-order valence-electron chi connectivity index (χ0n) is 9.99. The molecule has 3 heteroatoms. The number of carbonyl (C=O) groups is 1. The van der Waals surface area contributed by atoms with Crippen molar-refractivity contribution in [1.82, 2.24) is 0 Å². The second kappa shape index (κ2) is 6.16. The summed E-state index contributed by atoms with van der Waals surface area (Å²) < 4.78 is 0. The molecule has 0 saturated carbocycles. The number of nitrogens with two attached hydrogens (primary N) is 1. The van der Waals surface area contributed by atoms with Crippen LogP contribution >= 0.6 is 0 Å².